The van der Waals surface area contributed by atoms with Gasteiger partial charge in [0.15, 0.2) is 5.11 Å². The summed E-state index contributed by atoms with van der Waals surface area (Å²) in [4.78, 5) is 13.6. The summed E-state index contributed by atoms with van der Waals surface area (Å²) in [5.74, 6) is 1.59. The molecule has 0 saturated carbocycles. The molecule has 0 radical (unpaired) electrons. The van der Waals surface area contributed by atoms with Crippen LogP contribution in [0.15, 0.2) is 18.2 Å². The van der Waals surface area contributed by atoms with Gasteiger partial charge >= 0.3 is 5.97 Å². The van der Waals surface area contributed by atoms with Gasteiger partial charge in [0.05, 0.1) is 32.6 Å². The van der Waals surface area contributed by atoms with Crippen molar-refractivity contribution in [3.63, 3.8) is 0 Å². The van der Waals surface area contributed by atoms with Crippen molar-refractivity contribution < 1.29 is 19.0 Å². The highest BCUT2D eigenvalue weighted by atomic mass is 32.1. The molecule has 1 aliphatic rings. The lowest BCUT2D eigenvalue weighted by Gasteiger charge is -2.18. The number of carbonyl (C=O) groups excluding carboxylic acids is 1. The Morgan fingerprint density at radius 1 is 1.21 bits per heavy atom. The minimum Gasteiger partial charge on any atom is -0.497 e. The van der Waals surface area contributed by atoms with Crippen molar-refractivity contribution in [1.29, 1.82) is 0 Å². The van der Waals surface area contributed by atoms with Gasteiger partial charge in [-0.15, -0.1) is 11.3 Å². The Balaban J connectivity index is 1.86. The SMILES string of the molecule is COC(=O)c1c(NC(=S)Nc2cc(OC)ccc2OC)sc2c1CCC(C)C2. The summed E-state index contributed by atoms with van der Waals surface area (Å²) in [6, 6.07) is 5.41. The summed E-state index contributed by atoms with van der Waals surface area (Å²) in [6.45, 7) is 2.23. The molecule has 1 aliphatic carbocycles. The highest BCUT2D eigenvalue weighted by molar-refractivity contribution is 7.80. The Kier molecular flexibility index (Phi) is 6.41. The van der Waals surface area contributed by atoms with Gasteiger partial charge in [-0.3, -0.25) is 0 Å². The first kappa shape index (κ1) is 20.4. The van der Waals surface area contributed by atoms with E-state index in [1.54, 1.807) is 37.7 Å². The molecule has 0 spiro atoms. The van der Waals surface area contributed by atoms with Crippen molar-refractivity contribution in [3.05, 3.63) is 34.2 Å². The average Bonchev–Trinajstić information content (AvgIpc) is 3.03. The van der Waals surface area contributed by atoms with Gasteiger partial charge in [0.2, 0.25) is 0 Å². The number of rotatable bonds is 5. The van der Waals surface area contributed by atoms with Crippen LogP contribution in [0.4, 0.5) is 10.7 Å². The van der Waals surface area contributed by atoms with Crippen molar-refractivity contribution in [2.75, 3.05) is 32.0 Å². The lowest BCUT2D eigenvalue weighted by molar-refractivity contribution is 0.0601. The van der Waals surface area contributed by atoms with Crippen molar-refractivity contribution in [3.8, 4) is 11.5 Å². The number of carbonyl (C=O) groups is 1. The molecule has 28 heavy (non-hydrogen) atoms. The topological polar surface area (TPSA) is 68.8 Å². The second-order valence-electron chi connectivity index (χ2n) is 6.69. The molecule has 8 heteroatoms. The number of benzene rings is 1. The van der Waals surface area contributed by atoms with Crippen LogP contribution in [0.2, 0.25) is 0 Å². The largest absolute Gasteiger partial charge is 0.497 e. The molecule has 0 fully saturated rings. The Hall–Kier alpha value is -2.32. The Bertz CT molecular complexity index is 895. The van der Waals surface area contributed by atoms with Gasteiger partial charge in [-0.05, 0) is 55.1 Å². The average molecular weight is 421 g/mol. The third kappa shape index (κ3) is 4.23. The number of hydrogen-bond acceptors (Lipinski definition) is 6. The summed E-state index contributed by atoms with van der Waals surface area (Å²) in [7, 11) is 4.59. The molecule has 1 atom stereocenters. The maximum atomic E-state index is 12.4. The molecule has 2 N–H and O–H groups in total. The fraction of sp³-hybridized carbons (Fsp3) is 0.400. The van der Waals surface area contributed by atoms with Gasteiger partial charge in [-0.2, -0.15) is 0 Å². The zero-order valence-corrected chi connectivity index (χ0v) is 18.0. The number of anilines is 2. The van der Waals surface area contributed by atoms with Crippen molar-refractivity contribution in [2.45, 2.75) is 26.2 Å². The predicted octanol–water partition coefficient (Wildman–Crippen LogP) is 4.49. The molecule has 2 aromatic rings. The molecule has 0 saturated heterocycles. The van der Waals surface area contributed by atoms with Crippen LogP contribution in [0, 0.1) is 5.92 Å². The van der Waals surface area contributed by atoms with E-state index < -0.39 is 0 Å². The van der Waals surface area contributed by atoms with Crippen LogP contribution in [0.3, 0.4) is 0 Å². The van der Waals surface area contributed by atoms with Crippen molar-refractivity contribution in [2.24, 2.45) is 5.92 Å². The van der Waals surface area contributed by atoms with Crippen LogP contribution >= 0.6 is 23.6 Å². The first-order valence-corrected chi connectivity index (χ1v) is 10.2. The molecule has 3 rings (SSSR count). The molecular formula is C20H24N2O4S2. The number of nitrogens with one attached hydrogen (secondary N) is 2. The van der Waals surface area contributed by atoms with E-state index in [1.807, 2.05) is 6.07 Å². The second kappa shape index (κ2) is 8.79. The van der Waals surface area contributed by atoms with Crippen LogP contribution in [0.25, 0.3) is 0 Å². The molecule has 0 bridgehead atoms. The van der Waals surface area contributed by atoms with E-state index in [4.69, 9.17) is 26.4 Å². The smallest absolute Gasteiger partial charge is 0.341 e. The van der Waals surface area contributed by atoms with Crippen LogP contribution in [-0.2, 0) is 17.6 Å². The first-order chi connectivity index (χ1) is 13.5. The molecule has 0 amide bonds. The summed E-state index contributed by atoms with van der Waals surface area (Å²) in [5.41, 5.74) is 2.35. The van der Waals surface area contributed by atoms with E-state index in [1.165, 1.54) is 12.0 Å². The molecule has 150 valence electrons. The highest BCUT2D eigenvalue weighted by Crippen LogP contribution is 2.40. The van der Waals surface area contributed by atoms with E-state index in [2.05, 4.69) is 17.6 Å². The minimum atomic E-state index is -0.337. The van der Waals surface area contributed by atoms with E-state index >= 15 is 0 Å². The number of methoxy groups -OCH3 is 3. The third-order valence-corrected chi connectivity index (χ3v) is 6.16. The molecule has 1 aromatic heterocycles. The fourth-order valence-electron chi connectivity index (χ4n) is 3.33. The fourth-order valence-corrected chi connectivity index (χ4v) is 5.01. The maximum absolute atomic E-state index is 12.4. The summed E-state index contributed by atoms with van der Waals surface area (Å²) >= 11 is 7.06. The van der Waals surface area contributed by atoms with Crippen molar-refractivity contribution in [1.82, 2.24) is 0 Å². The zero-order chi connectivity index (χ0) is 20.3. The van der Waals surface area contributed by atoms with Gasteiger partial charge in [0.25, 0.3) is 0 Å². The van der Waals surface area contributed by atoms with E-state index in [0.717, 1.165) is 24.8 Å². The van der Waals surface area contributed by atoms with Gasteiger partial charge < -0.3 is 24.8 Å². The molecule has 1 aromatic carbocycles. The maximum Gasteiger partial charge on any atom is 0.341 e. The molecule has 1 heterocycles. The lowest BCUT2D eigenvalue weighted by Crippen LogP contribution is -2.21. The van der Waals surface area contributed by atoms with E-state index in [0.29, 0.717) is 38.8 Å². The second-order valence-corrected chi connectivity index (χ2v) is 8.21. The van der Waals surface area contributed by atoms with E-state index in [-0.39, 0.29) is 5.97 Å². The Labute approximate surface area is 174 Å². The molecular weight excluding hydrogens is 396 g/mol. The number of esters is 1. The standard InChI is InChI=1S/C20H24N2O4S2/c1-11-5-7-13-16(9-11)28-18(17(13)19(23)26-4)22-20(27)21-14-10-12(24-2)6-8-15(14)25-3/h6,8,10-11H,5,7,9H2,1-4H3,(H2,21,22,27). The van der Waals surface area contributed by atoms with Crippen LogP contribution in [-0.4, -0.2) is 32.4 Å². The van der Waals surface area contributed by atoms with Crippen molar-refractivity contribution >= 4 is 45.3 Å². The first-order valence-electron chi connectivity index (χ1n) is 8.99. The number of thiophene rings is 1. The molecule has 6 nitrogen and oxygen atoms in total. The Morgan fingerprint density at radius 3 is 2.68 bits per heavy atom. The van der Waals surface area contributed by atoms with Crippen LogP contribution < -0.4 is 20.1 Å². The number of fused-ring (bicyclic) bond motifs is 1. The number of ether oxygens (including phenoxy) is 3. The zero-order valence-electron chi connectivity index (χ0n) is 16.4. The summed E-state index contributed by atoms with van der Waals surface area (Å²) in [5, 5.41) is 7.38. The number of hydrogen-bond donors (Lipinski definition) is 2. The van der Waals surface area contributed by atoms with E-state index in [9.17, 15) is 4.79 Å². The van der Waals surface area contributed by atoms with Gasteiger partial charge in [0.1, 0.15) is 16.5 Å². The summed E-state index contributed by atoms with van der Waals surface area (Å²) in [6.07, 6.45) is 2.91. The van der Waals surface area contributed by atoms with Crippen LogP contribution in [0.1, 0.15) is 34.1 Å². The quantitative estimate of drug-likeness (QED) is 0.546. The molecule has 0 aliphatic heterocycles. The minimum absolute atomic E-state index is 0.337. The van der Waals surface area contributed by atoms with Gasteiger partial charge in [-0.1, -0.05) is 6.92 Å². The summed E-state index contributed by atoms with van der Waals surface area (Å²) < 4.78 is 15.7. The number of thiocarbonyl (C=S) groups is 1. The molecule has 1 unspecified atom stereocenters. The van der Waals surface area contributed by atoms with Gasteiger partial charge in [0, 0.05) is 10.9 Å². The highest BCUT2D eigenvalue weighted by Gasteiger charge is 2.28. The normalized spacial score (nSPS) is 15.4. The predicted molar refractivity (Wildman–Crippen MR) is 116 cm³/mol. The third-order valence-electron chi connectivity index (χ3n) is 4.78. The monoisotopic (exact) mass is 420 g/mol. The Morgan fingerprint density at radius 2 is 2.00 bits per heavy atom. The van der Waals surface area contributed by atoms with Crippen LogP contribution in [0.5, 0.6) is 11.5 Å². The lowest BCUT2D eigenvalue weighted by atomic mass is 9.88. The van der Waals surface area contributed by atoms with Gasteiger partial charge in [-0.25, -0.2) is 4.79 Å².